The Morgan fingerprint density at radius 2 is 1.36 bits per heavy atom. The molecule has 0 amide bonds. The van der Waals surface area contributed by atoms with Gasteiger partial charge in [-0.1, -0.05) is 36.5 Å². The van der Waals surface area contributed by atoms with Crippen LogP contribution in [0, 0.1) is 18.8 Å². The second-order valence-electron chi connectivity index (χ2n) is 5.10. The largest absolute Gasteiger partial charge is 0.491 e. The summed E-state index contributed by atoms with van der Waals surface area (Å²) in [6, 6.07) is 16.1. The Bertz CT molecular complexity index is 615. The molecule has 0 N–H and O–H groups in total. The van der Waals surface area contributed by atoms with E-state index in [2.05, 4.69) is 37.8 Å². The molecule has 0 aliphatic rings. The molecule has 2 rings (SSSR count). The first-order valence-electron chi connectivity index (χ1n) is 7.67. The fraction of sp³-hybridized carbons (Fsp3) is 0.300. The van der Waals surface area contributed by atoms with Crippen LogP contribution in [0.25, 0.3) is 0 Å². The molecule has 0 fully saturated rings. The molecule has 0 atom stereocenters. The molecular weight excluding hydrogens is 272 g/mol. The highest BCUT2D eigenvalue weighted by Gasteiger charge is 1.94. The molecule has 0 aliphatic carbocycles. The Morgan fingerprint density at radius 3 is 1.95 bits per heavy atom. The monoisotopic (exact) mass is 294 g/mol. The van der Waals surface area contributed by atoms with E-state index in [0.717, 1.165) is 29.9 Å². The van der Waals surface area contributed by atoms with Gasteiger partial charge in [0, 0.05) is 17.7 Å². The Morgan fingerprint density at radius 1 is 0.773 bits per heavy atom. The Kier molecular flexibility index (Phi) is 6.54. The summed E-state index contributed by atoms with van der Waals surface area (Å²) in [4.78, 5) is 0. The van der Waals surface area contributed by atoms with Gasteiger partial charge in [-0.3, -0.25) is 0 Å². The maximum atomic E-state index is 5.61. The third kappa shape index (κ3) is 5.63. The van der Waals surface area contributed by atoms with Gasteiger partial charge >= 0.3 is 0 Å². The van der Waals surface area contributed by atoms with Crippen LogP contribution in [0.2, 0.25) is 0 Å². The summed E-state index contributed by atoms with van der Waals surface area (Å²) >= 11 is 0. The highest BCUT2D eigenvalue weighted by atomic mass is 16.5. The standard InChI is InChI=1S/C20H22O2/c1-3-14-21-15-16-22-20-12-10-19(11-13-20)9-8-18-6-4-17(2)5-7-18/h4-7,10-13H,3,14-16H2,1-2H3. The molecule has 0 unspecified atom stereocenters. The molecule has 2 heteroatoms. The van der Waals surface area contributed by atoms with Crippen molar-refractivity contribution in [2.45, 2.75) is 20.3 Å². The zero-order chi connectivity index (χ0) is 15.6. The molecule has 2 aromatic carbocycles. The summed E-state index contributed by atoms with van der Waals surface area (Å²) in [6.07, 6.45) is 1.04. The quantitative estimate of drug-likeness (QED) is 0.587. The number of benzene rings is 2. The van der Waals surface area contributed by atoms with Crippen LogP contribution in [0.3, 0.4) is 0 Å². The van der Waals surface area contributed by atoms with Gasteiger partial charge in [0.05, 0.1) is 6.61 Å². The van der Waals surface area contributed by atoms with E-state index in [1.807, 2.05) is 36.4 Å². The van der Waals surface area contributed by atoms with Crippen molar-refractivity contribution < 1.29 is 9.47 Å². The number of hydrogen-bond donors (Lipinski definition) is 0. The van der Waals surface area contributed by atoms with Gasteiger partial charge in [0.15, 0.2) is 0 Å². The van der Waals surface area contributed by atoms with Crippen LogP contribution < -0.4 is 4.74 Å². The summed E-state index contributed by atoms with van der Waals surface area (Å²) < 4.78 is 11.0. The normalized spacial score (nSPS) is 9.91. The SMILES string of the molecule is CCCOCCOc1ccc(C#Cc2ccc(C)cc2)cc1. The van der Waals surface area contributed by atoms with Crippen molar-refractivity contribution in [2.24, 2.45) is 0 Å². The molecule has 2 aromatic rings. The van der Waals surface area contributed by atoms with Crippen LogP contribution in [0.15, 0.2) is 48.5 Å². The van der Waals surface area contributed by atoms with Gasteiger partial charge in [-0.15, -0.1) is 0 Å². The van der Waals surface area contributed by atoms with E-state index in [0.29, 0.717) is 13.2 Å². The molecular formula is C20H22O2. The van der Waals surface area contributed by atoms with Crippen LogP contribution in [0.4, 0.5) is 0 Å². The van der Waals surface area contributed by atoms with Gasteiger partial charge in [-0.25, -0.2) is 0 Å². The maximum Gasteiger partial charge on any atom is 0.119 e. The van der Waals surface area contributed by atoms with E-state index in [4.69, 9.17) is 9.47 Å². The van der Waals surface area contributed by atoms with Gasteiger partial charge in [0.2, 0.25) is 0 Å². The van der Waals surface area contributed by atoms with Crippen LogP contribution in [0.5, 0.6) is 5.75 Å². The molecule has 0 heterocycles. The summed E-state index contributed by atoms with van der Waals surface area (Å²) in [5.74, 6) is 7.17. The third-order valence-electron chi connectivity index (χ3n) is 3.10. The zero-order valence-electron chi connectivity index (χ0n) is 13.3. The van der Waals surface area contributed by atoms with Crippen molar-refractivity contribution in [3.8, 4) is 17.6 Å². The van der Waals surface area contributed by atoms with Gasteiger partial charge in [-0.05, 0) is 49.7 Å². The lowest BCUT2D eigenvalue weighted by Gasteiger charge is -2.06. The van der Waals surface area contributed by atoms with Crippen molar-refractivity contribution in [3.05, 3.63) is 65.2 Å². The molecule has 0 saturated heterocycles. The summed E-state index contributed by atoms with van der Waals surface area (Å²) in [6.45, 7) is 6.16. The van der Waals surface area contributed by atoms with E-state index in [1.54, 1.807) is 0 Å². The topological polar surface area (TPSA) is 18.5 Å². The second kappa shape index (κ2) is 8.92. The van der Waals surface area contributed by atoms with E-state index in [-0.39, 0.29) is 0 Å². The number of hydrogen-bond acceptors (Lipinski definition) is 2. The van der Waals surface area contributed by atoms with E-state index in [1.165, 1.54) is 5.56 Å². The Labute approximate surface area is 133 Å². The first-order chi connectivity index (χ1) is 10.8. The molecule has 22 heavy (non-hydrogen) atoms. The second-order valence-corrected chi connectivity index (χ2v) is 5.10. The van der Waals surface area contributed by atoms with Crippen molar-refractivity contribution in [3.63, 3.8) is 0 Å². The Balaban J connectivity index is 1.85. The van der Waals surface area contributed by atoms with Crippen molar-refractivity contribution in [1.82, 2.24) is 0 Å². The van der Waals surface area contributed by atoms with Crippen LogP contribution in [0.1, 0.15) is 30.0 Å². The summed E-state index contributed by atoms with van der Waals surface area (Å²) in [5, 5.41) is 0. The minimum absolute atomic E-state index is 0.578. The van der Waals surface area contributed by atoms with Gasteiger partial charge in [0.1, 0.15) is 12.4 Å². The van der Waals surface area contributed by atoms with Gasteiger partial charge < -0.3 is 9.47 Å². The maximum absolute atomic E-state index is 5.61. The van der Waals surface area contributed by atoms with Crippen molar-refractivity contribution in [1.29, 1.82) is 0 Å². The number of aryl methyl sites for hydroxylation is 1. The highest BCUT2D eigenvalue weighted by Crippen LogP contribution is 2.11. The summed E-state index contributed by atoms with van der Waals surface area (Å²) in [7, 11) is 0. The average molecular weight is 294 g/mol. The van der Waals surface area contributed by atoms with Crippen LogP contribution in [-0.2, 0) is 4.74 Å². The lowest BCUT2D eigenvalue weighted by atomic mass is 10.1. The first kappa shape index (κ1) is 16.1. The van der Waals surface area contributed by atoms with Crippen molar-refractivity contribution >= 4 is 0 Å². The lowest BCUT2D eigenvalue weighted by molar-refractivity contribution is 0.101. The predicted molar refractivity (Wildman–Crippen MR) is 90.2 cm³/mol. The molecule has 0 bridgehead atoms. The molecule has 0 aliphatic heterocycles. The average Bonchev–Trinajstić information content (AvgIpc) is 2.55. The summed E-state index contributed by atoms with van der Waals surface area (Å²) in [5.41, 5.74) is 3.25. The van der Waals surface area contributed by atoms with E-state index in [9.17, 15) is 0 Å². The van der Waals surface area contributed by atoms with Crippen LogP contribution >= 0.6 is 0 Å². The van der Waals surface area contributed by atoms with Crippen molar-refractivity contribution in [2.75, 3.05) is 19.8 Å². The molecule has 0 radical (unpaired) electrons. The van der Waals surface area contributed by atoms with Gasteiger partial charge in [0.25, 0.3) is 0 Å². The van der Waals surface area contributed by atoms with E-state index < -0.39 is 0 Å². The molecule has 114 valence electrons. The fourth-order valence-corrected chi connectivity index (χ4v) is 1.88. The van der Waals surface area contributed by atoms with Crippen LogP contribution in [-0.4, -0.2) is 19.8 Å². The minimum Gasteiger partial charge on any atom is -0.491 e. The molecule has 0 aromatic heterocycles. The first-order valence-corrected chi connectivity index (χ1v) is 7.67. The number of rotatable bonds is 6. The predicted octanol–water partition coefficient (Wildman–Crippen LogP) is 4.20. The number of ether oxygens (including phenoxy) is 2. The minimum atomic E-state index is 0.578. The lowest BCUT2D eigenvalue weighted by Crippen LogP contribution is -2.06. The highest BCUT2D eigenvalue weighted by molar-refractivity contribution is 5.44. The third-order valence-corrected chi connectivity index (χ3v) is 3.10. The molecule has 0 spiro atoms. The zero-order valence-corrected chi connectivity index (χ0v) is 13.3. The Hall–Kier alpha value is -2.24. The van der Waals surface area contributed by atoms with Gasteiger partial charge in [-0.2, -0.15) is 0 Å². The smallest absolute Gasteiger partial charge is 0.119 e. The molecule has 0 saturated carbocycles. The van der Waals surface area contributed by atoms with E-state index >= 15 is 0 Å². The fourth-order valence-electron chi connectivity index (χ4n) is 1.88. The molecule has 2 nitrogen and oxygen atoms in total.